The second kappa shape index (κ2) is 9.91. The number of hydrogen-bond donors (Lipinski definition) is 3. The first kappa shape index (κ1) is 22.6. The Balaban J connectivity index is 1.61. The molecule has 0 aromatic heterocycles. The molecule has 8 heteroatoms. The number of carbonyl (C=O) groups excluding carboxylic acids is 2. The van der Waals surface area contributed by atoms with Crippen LogP contribution in [0.2, 0.25) is 0 Å². The molecule has 0 radical (unpaired) electrons. The van der Waals surface area contributed by atoms with Crippen molar-refractivity contribution < 1.29 is 24.2 Å². The van der Waals surface area contributed by atoms with Gasteiger partial charge in [0.25, 0.3) is 11.8 Å². The fourth-order valence-electron chi connectivity index (χ4n) is 3.32. The number of hydrazone groups is 1. The number of fused-ring (bicyclic) bond motifs is 1. The van der Waals surface area contributed by atoms with E-state index in [1.807, 2.05) is 0 Å². The van der Waals surface area contributed by atoms with Gasteiger partial charge < -0.3 is 19.9 Å². The van der Waals surface area contributed by atoms with Gasteiger partial charge in [0.15, 0.2) is 11.5 Å². The van der Waals surface area contributed by atoms with Crippen LogP contribution >= 0.6 is 0 Å². The van der Waals surface area contributed by atoms with Crippen LogP contribution in [0.5, 0.6) is 17.2 Å². The van der Waals surface area contributed by atoms with Gasteiger partial charge in [-0.3, -0.25) is 9.59 Å². The minimum absolute atomic E-state index is 0.0160. The third-order valence-corrected chi connectivity index (χ3v) is 5.19. The van der Waals surface area contributed by atoms with Gasteiger partial charge in [0, 0.05) is 11.1 Å². The number of nitrogens with one attached hydrogen (secondary N) is 2. The molecule has 4 rings (SSSR count). The molecule has 3 N–H and O–H groups in total. The number of rotatable bonds is 6. The Morgan fingerprint density at radius 1 is 1.00 bits per heavy atom. The highest BCUT2D eigenvalue weighted by molar-refractivity contribution is 6.06. The highest BCUT2D eigenvalue weighted by atomic mass is 16.7. The molecule has 1 aliphatic heterocycles. The number of phenols is 1. The Kier molecular flexibility index (Phi) is 6.59. The Morgan fingerprint density at radius 3 is 2.56 bits per heavy atom. The van der Waals surface area contributed by atoms with Crippen LogP contribution in [0.25, 0.3) is 6.08 Å². The van der Waals surface area contributed by atoms with E-state index in [4.69, 9.17) is 9.47 Å². The molecule has 0 unspecified atom stereocenters. The molecule has 8 nitrogen and oxygen atoms in total. The number of para-hydroxylation sites is 1. The first-order valence-corrected chi connectivity index (χ1v) is 10.5. The zero-order valence-corrected chi connectivity index (χ0v) is 18.7. The summed E-state index contributed by atoms with van der Waals surface area (Å²) in [6.07, 6.45) is 1.52. The van der Waals surface area contributed by atoms with Crippen molar-refractivity contribution in [2.45, 2.75) is 13.8 Å². The van der Waals surface area contributed by atoms with Crippen molar-refractivity contribution in [1.82, 2.24) is 10.7 Å². The molecule has 3 aromatic carbocycles. The van der Waals surface area contributed by atoms with Crippen LogP contribution in [0.4, 0.5) is 0 Å². The van der Waals surface area contributed by atoms with E-state index < -0.39 is 11.8 Å². The van der Waals surface area contributed by atoms with Crippen molar-refractivity contribution in [3.05, 3.63) is 94.7 Å². The van der Waals surface area contributed by atoms with E-state index in [1.54, 1.807) is 80.6 Å². The molecule has 3 aromatic rings. The molecule has 172 valence electrons. The summed E-state index contributed by atoms with van der Waals surface area (Å²) in [6.45, 7) is 3.56. The van der Waals surface area contributed by atoms with Crippen molar-refractivity contribution in [1.29, 1.82) is 0 Å². The van der Waals surface area contributed by atoms with Crippen LogP contribution in [0.3, 0.4) is 0 Å². The third kappa shape index (κ3) is 5.07. The topological polar surface area (TPSA) is 109 Å². The van der Waals surface area contributed by atoms with Gasteiger partial charge in [-0.2, -0.15) is 5.10 Å². The molecule has 0 saturated carbocycles. The molecule has 0 atom stereocenters. The molecule has 0 aliphatic carbocycles. The molecule has 1 heterocycles. The monoisotopic (exact) mass is 457 g/mol. The number of hydrogen-bond acceptors (Lipinski definition) is 6. The van der Waals surface area contributed by atoms with E-state index in [2.05, 4.69) is 15.8 Å². The predicted molar refractivity (Wildman–Crippen MR) is 128 cm³/mol. The maximum atomic E-state index is 13.0. The van der Waals surface area contributed by atoms with Crippen molar-refractivity contribution in [2.24, 2.45) is 5.10 Å². The molecule has 0 spiro atoms. The highest BCUT2D eigenvalue weighted by Gasteiger charge is 2.17. The number of aromatic hydroxyl groups is 1. The molecule has 2 amide bonds. The summed E-state index contributed by atoms with van der Waals surface area (Å²) in [4.78, 5) is 25.7. The lowest BCUT2D eigenvalue weighted by Crippen LogP contribution is -2.33. The second-order valence-electron chi connectivity index (χ2n) is 7.60. The molecule has 0 bridgehead atoms. The largest absolute Gasteiger partial charge is 0.507 e. The number of nitrogens with zero attached hydrogens (tertiary/aromatic N) is 1. The lowest BCUT2D eigenvalue weighted by Gasteiger charge is -2.11. The predicted octanol–water partition coefficient (Wildman–Crippen LogP) is 3.74. The minimum Gasteiger partial charge on any atom is -0.507 e. The van der Waals surface area contributed by atoms with E-state index in [0.717, 1.165) is 0 Å². The zero-order valence-electron chi connectivity index (χ0n) is 18.7. The normalized spacial score (nSPS) is 12.9. The molecular weight excluding hydrogens is 434 g/mol. The lowest BCUT2D eigenvalue weighted by atomic mass is 10.1. The molecule has 0 saturated heterocycles. The number of aryl methyl sites for hydroxylation is 1. The highest BCUT2D eigenvalue weighted by Crippen LogP contribution is 2.33. The van der Waals surface area contributed by atoms with Crippen LogP contribution in [0, 0.1) is 6.92 Å². The first-order valence-electron chi connectivity index (χ1n) is 10.5. The summed E-state index contributed by atoms with van der Waals surface area (Å²) in [7, 11) is 0. The van der Waals surface area contributed by atoms with Crippen LogP contribution < -0.4 is 20.2 Å². The van der Waals surface area contributed by atoms with Gasteiger partial charge >= 0.3 is 0 Å². The van der Waals surface area contributed by atoms with Crippen molar-refractivity contribution in [3.8, 4) is 17.2 Å². The Bertz CT molecular complexity index is 1300. The summed E-state index contributed by atoms with van der Waals surface area (Å²) >= 11 is 0. The Morgan fingerprint density at radius 2 is 1.76 bits per heavy atom. The Hall–Kier alpha value is -4.59. The van der Waals surface area contributed by atoms with Gasteiger partial charge in [-0.15, -0.1) is 0 Å². The number of benzene rings is 3. The van der Waals surface area contributed by atoms with Gasteiger partial charge in [-0.1, -0.05) is 36.4 Å². The van der Waals surface area contributed by atoms with E-state index in [9.17, 15) is 14.7 Å². The molecule has 0 fully saturated rings. The summed E-state index contributed by atoms with van der Waals surface area (Å²) in [5.41, 5.74) is 5.06. The number of phenolic OH excluding ortho intramolecular Hbond substituents is 1. The van der Waals surface area contributed by atoms with Crippen molar-refractivity contribution in [3.63, 3.8) is 0 Å². The molecule has 34 heavy (non-hydrogen) atoms. The first-order chi connectivity index (χ1) is 16.4. The average Bonchev–Trinajstić information content (AvgIpc) is 3.32. The second-order valence-corrected chi connectivity index (χ2v) is 7.60. The van der Waals surface area contributed by atoms with E-state index in [-0.39, 0.29) is 18.2 Å². The molecular formula is C26H23N3O5. The van der Waals surface area contributed by atoms with Gasteiger partial charge in [0.05, 0.1) is 5.71 Å². The fraction of sp³-hybridized carbons (Fsp3) is 0.115. The van der Waals surface area contributed by atoms with Gasteiger partial charge in [0.1, 0.15) is 11.4 Å². The third-order valence-electron chi connectivity index (χ3n) is 5.19. The minimum atomic E-state index is -0.631. The van der Waals surface area contributed by atoms with Crippen LogP contribution in [-0.4, -0.2) is 29.4 Å². The zero-order chi connectivity index (χ0) is 24.1. The summed E-state index contributed by atoms with van der Waals surface area (Å²) in [5.74, 6) is 0.168. The number of carbonyl (C=O) groups is 2. The quantitative estimate of drug-likeness (QED) is 0.297. The van der Waals surface area contributed by atoms with Gasteiger partial charge in [0.2, 0.25) is 6.79 Å². The van der Waals surface area contributed by atoms with Crippen molar-refractivity contribution >= 4 is 23.6 Å². The molecule has 1 aliphatic rings. The summed E-state index contributed by atoms with van der Waals surface area (Å²) in [6, 6.07) is 19.0. The number of amides is 2. The summed E-state index contributed by atoms with van der Waals surface area (Å²) < 4.78 is 10.7. The lowest BCUT2D eigenvalue weighted by molar-refractivity contribution is -0.117. The van der Waals surface area contributed by atoms with E-state index in [0.29, 0.717) is 39.5 Å². The summed E-state index contributed by atoms with van der Waals surface area (Å²) in [5, 5.41) is 17.0. The van der Waals surface area contributed by atoms with E-state index in [1.165, 1.54) is 6.08 Å². The van der Waals surface area contributed by atoms with Crippen LogP contribution in [0.15, 0.2) is 77.5 Å². The standard InChI is InChI=1S/C26H23N3O5/c1-16-7-6-10-20(24(16)30)17(2)28-29-26(32)21(27-25(31)19-8-4-3-5-9-19)13-18-11-12-22-23(14-18)34-15-33-22/h3-14,30H,15H2,1-2H3,(H,27,31)(H,29,32)/b21-13-,28-17-. The van der Waals surface area contributed by atoms with Crippen molar-refractivity contribution in [2.75, 3.05) is 6.79 Å². The smallest absolute Gasteiger partial charge is 0.287 e. The number of ether oxygens (including phenoxy) is 2. The van der Waals surface area contributed by atoms with E-state index >= 15 is 0 Å². The average molecular weight is 457 g/mol. The van der Waals surface area contributed by atoms with Crippen LogP contribution in [0.1, 0.15) is 34.0 Å². The Labute approximate surface area is 196 Å². The van der Waals surface area contributed by atoms with Gasteiger partial charge in [-0.05, 0) is 61.4 Å². The maximum Gasteiger partial charge on any atom is 0.287 e. The van der Waals surface area contributed by atoms with Crippen LogP contribution in [-0.2, 0) is 4.79 Å². The van der Waals surface area contributed by atoms with Gasteiger partial charge in [-0.25, -0.2) is 5.43 Å². The SMILES string of the molecule is C/C(=N/NC(=O)/C(=C/c1ccc2c(c1)OCO2)NC(=O)c1ccccc1)c1cccc(C)c1O. The maximum absolute atomic E-state index is 13.0. The fourth-order valence-corrected chi connectivity index (χ4v) is 3.32.